The third-order valence-corrected chi connectivity index (χ3v) is 5.95. The highest BCUT2D eigenvalue weighted by molar-refractivity contribution is 6.10. The summed E-state index contributed by atoms with van der Waals surface area (Å²) in [6.45, 7) is 1.73. The van der Waals surface area contributed by atoms with Crippen LogP contribution in [0.25, 0.3) is 0 Å². The lowest BCUT2D eigenvalue weighted by Gasteiger charge is -2.35. The van der Waals surface area contributed by atoms with Crippen LogP contribution in [0.15, 0.2) is 58.9 Å². The van der Waals surface area contributed by atoms with Gasteiger partial charge < -0.3 is 20.1 Å². The number of methoxy groups -OCH3 is 2. The molecule has 0 fully saturated rings. The van der Waals surface area contributed by atoms with E-state index in [1.807, 2.05) is 0 Å². The van der Waals surface area contributed by atoms with Crippen molar-refractivity contribution in [3.8, 4) is 11.5 Å². The van der Waals surface area contributed by atoms with Crippen molar-refractivity contribution in [1.82, 2.24) is 5.32 Å². The number of halogens is 2. The average molecular weight is 454 g/mol. The monoisotopic (exact) mass is 454 g/mol. The van der Waals surface area contributed by atoms with Crippen LogP contribution in [0.4, 0.5) is 14.5 Å². The minimum Gasteiger partial charge on any atom is -0.497 e. The summed E-state index contributed by atoms with van der Waals surface area (Å²) in [5.74, 6) is -2.04. The number of benzene rings is 2. The Balaban J connectivity index is 1.86. The first-order chi connectivity index (χ1) is 15.8. The van der Waals surface area contributed by atoms with Crippen LogP contribution in [0.1, 0.15) is 37.7 Å². The molecule has 0 spiro atoms. The van der Waals surface area contributed by atoms with Gasteiger partial charge in [-0.05, 0) is 50.1 Å². The van der Waals surface area contributed by atoms with E-state index in [1.165, 1.54) is 14.2 Å². The predicted octanol–water partition coefficient (Wildman–Crippen LogP) is 4.59. The molecular formula is C25H24F2N2O4. The van der Waals surface area contributed by atoms with Crippen LogP contribution >= 0.6 is 0 Å². The number of amides is 1. The van der Waals surface area contributed by atoms with Crippen molar-refractivity contribution in [2.24, 2.45) is 0 Å². The summed E-state index contributed by atoms with van der Waals surface area (Å²) in [5, 5.41) is 5.74. The van der Waals surface area contributed by atoms with E-state index in [9.17, 15) is 18.4 Å². The van der Waals surface area contributed by atoms with E-state index in [-0.39, 0.29) is 17.0 Å². The van der Waals surface area contributed by atoms with Gasteiger partial charge in [0.2, 0.25) is 0 Å². The number of anilines is 1. The minimum absolute atomic E-state index is 0.0654. The van der Waals surface area contributed by atoms with Crippen molar-refractivity contribution in [3.05, 3.63) is 76.1 Å². The van der Waals surface area contributed by atoms with Crippen LogP contribution in [-0.2, 0) is 9.59 Å². The van der Waals surface area contributed by atoms with Crippen LogP contribution in [0.2, 0.25) is 0 Å². The second-order valence-electron chi connectivity index (χ2n) is 7.95. The van der Waals surface area contributed by atoms with Gasteiger partial charge in [-0.1, -0.05) is 0 Å². The fraction of sp³-hybridized carbons (Fsp3) is 0.280. The van der Waals surface area contributed by atoms with E-state index in [1.54, 1.807) is 25.1 Å². The van der Waals surface area contributed by atoms with Crippen LogP contribution in [-0.4, -0.2) is 25.9 Å². The number of hydrogen-bond donors (Lipinski definition) is 2. The SMILES string of the molecule is COc1ccc(OC)c([C@H]2C(C(=O)Nc3ccc(F)cc3F)=C(C)NC3=C2C(=O)CCC3)c1. The van der Waals surface area contributed by atoms with Crippen LogP contribution in [0.3, 0.4) is 0 Å². The summed E-state index contributed by atoms with van der Waals surface area (Å²) in [7, 11) is 3.03. The van der Waals surface area contributed by atoms with Gasteiger partial charge >= 0.3 is 0 Å². The number of ketones is 1. The molecular weight excluding hydrogens is 430 g/mol. The summed E-state index contributed by atoms with van der Waals surface area (Å²) in [6, 6.07) is 8.10. The van der Waals surface area contributed by atoms with E-state index in [4.69, 9.17) is 9.47 Å². The number of carbonyl (C=O) groups excluding carboxylic acids is 2. The molecule has 4 rings (SSSR count). The molecule has 0 aromatic heterocycles. The van der Waals surface area contributed by atoms with Crippen molar-refractivity contribution in [3.63, 3.8) is 0 Å². The van der Waals surface area contributed by atoms with E-state index in [2.05, 4.69) is 10.6 Å². The Kier molecular flexibility index (Phi) is 6.18. The largest absolute Gasteiger partial charge is 0.497 e. The zero-order chi connectivity index (χ0) is 23.7. The maximum atomic E-state index is 14.3. The summed E-state index contributed by atoms with van der Waals surface area (Å²) in [5.41, 5.74) is 2.47. The minimum atomic E-state index is -0.894. The first kappa shape index (κ1) is 22.5. The summed E-state index contributed by atoms with van der Waals surface area (Å²) < 4.78 is 38.5. The quantitative estimate of drug-likeness (QED) is 0.691. The molecule has 6 nitrogen and oxygen atoms in total. The molecule has 1 aliphatic heterocycles. The molecule has 2 aliphatic rings. The van der Waals surface area contributed by atoms with Gasteiger partial charge in [-0.25, -0.2) is 8.78 Å². The Morgan fingerprint density at radius 1 is 1.09 bits per heavy atom. The maximum Gasteiger partial charge on any atom is 0.254 e. The molecule has 172 valence electrons. The molecule has 33 heavy (non-hydrogen) atoms. The molecule has 0 radical (unpaired) electrons. The summed E-state index contributed by atoms with van der Waals surface area (Å²) in [6.07, 6.45) is 1.74. The Morgan fingerprint density at radius 3 is 2.58 bits per heavy atom. The average Bonchev–Trinajstić information content (AvgIpc) is 2.79. The number of nitrogens with one attached hydrogen (secondary N) is 2. The van der Waals surface area contributed by atoms with E-state index < -0.39 is 23.5 Å². The molecule has 8 heteroatoms. The summed E-state index contributed by atoms with van der Waals surface area (Å²) >= 11 is 0. The van der Waals surface area contributed by atoms with Crippen LogP contribution in [0, 0.1) is 11.6 Å². The van der Waals surface area contributed by atoms with Gasteiger partial charge in [0, 0.05) is 40.6 Å². The zero-order valence-electron chi connectivity index (χ0n) is 18.6. The number of ether oxygens (including phenoxy) is 2. The highest BCUT2D eigenvalue weighted by atomic mass is 19.1. The molecule has 2 aromatic carbocycles. The highest BCUT2D eigenvalue weighted by Crippen LogP contribution is 2.46. The lowest BCUT2D eigenvalue weighted by Crippen LogP contribution is -2.35. The summed E-state index contributed by atoms with van der Waals surface area (Å²) in [4.78, 5) is 26.5. The molecule has 0 unspecified atom stereocenters. The molecule has 1 aliphatic carbocycles. The van der Waals surface area contributed by atoms with Gasteiger partial charge in [-0.3, -0.25) is 9.59 Å². The van der Waals surface area contributed by atoms with Gasteiger partial charge in [0.15, 0.2) is 5.78 Å². The molecule has 2 aromatic rings. The second-order valence-corrected chi connectivity index (χ2v) is 7.95. The van der Waals surface area contributed by atoms with Crippen molar-refractivity contribution >= 4 is 17.4 Å². The van der Waals surface area contributed by atoms with Gasteiger partial charge in [0.05, 0.1) is 25.8 Å². The smallest absolute Gasteiger partial charge is 0.254 e. The lowest BCUT2D eigenvalue weighted by molar-refractivity contribution is -0.116. The topological polar surface area (TPSA) is 76.7 Å². The van der Waals surface area contributed by atoms with Crippen molar-refractivity contribution in [1.29, 1.82) is 0 Å². The van der Waals surface area contributed by atoms with Crippen LogP contribution < -0.4 is 20.1 Å². The normalized spacial score (nSPS) is 18.0. The molecule has 1 heterocycles. The van der Waals surface area contributed by atoms with Crippen LogP contribution in [0.5, 0.6) is 11.5 Å². The lowest BCUT2D eigenvalue weighted by atomic mass is 9.74. The van der Waals surface area contributed by atoms with Crippen molar-refractivity contribution in [2.75, 3.05) is 19.5 Å². The molecule has 1 atom stereocenters. The third kappa shape index (κ3) is 4.20. The first-order valence-corrected chi connectivity index (χ1v) is 10.6. The molecule has 2 N–H and O–H groups in total. The van der Waals surface area contributed by atoms with E-state index in [0.717, 1.165) is 17.8 Å². The standard InChI is InChI=1S/C25H24F2N2O4/c1-13-22(25(31)29-18-9-7-14(26)11-17(18)27)23(24-19(28-13)5-4-6-20(24)30)16-12-15(32-2)8-10-21(16)33-3/h7-12,23,28H,4-6H2,1-3H3,(H,29,31)/t23-/m0/s1. The Morgan fingerprint density at radius 2 is 1.88 bits per heavy atom. The number of rotatable bonds is 5. The molecule has 0 saturated carbocycles. The molecule has 0 saturated heterocycles. The number of dihydropyridines is 1. The molecule has 1 amide bonds. The van der Waals surface area contributed by atoms with Gasteiger partial charge in [0.1, 0.15) is 23.1 Å². The molecule has 0 bridgehead atoms. The van der Waals surface area contributed by atoms with Crippen molar-refractivity contribution in [2.45, 2.75) is 32.1 Å². The fourth-order valence-electron chi connectivity index (χ4n) is 4.44. The highest BCUT2D eigenvalue weighted by Gasteiger charge is 2.40. The van der Waals surface area contributed by atoms with Gasteiger partial charge in [0.25, 0.3) is 5.91 Å². The predicted molar refractivity (Wildman–Crippen MR) is 119 cm³/mol. The van der Waals surface area contributed by atoms with Gasteiger partial charge in [-0.15, -0.1) is 0 Å². The fourth-order valence-corrected chi connectivity index (χ4v) is 4.44. The Bertz CT molecular complexity index is 1200. The Hall–Kier alpha value is -3.68. The second kappa shape index (κ2) is 9.05. The zero-order valence-corrected chi connectivity index (χ0v) is 18.6. The first-order valence-electron chi connectivity index (χ1n) is 10.6. The number of Topliss-reactive ketones (excluding diaryl/α,β-unsaturated/α-hetero) is 1. The number of hydrogen-bond acceptors (Lipinski definition) is 5. The van der Waals surface area contributed by atoms with Crippen molar-refractivity contribution < 1.29 is 27.8 Å². The van der Waals surface area contributed by atoms with Gasteiger partial charge in [-0.2, -0.15) is 0 Å². The third-order valence-electron chi connectivity index (χ3n) is 5.95. The van der Waals surface area contributed by atoms with E-state index >= 15 is 0 Å². The van der Waals surface area contributed by atoms with E-state index in [0.29, 0.717) is 53.7 Å². The maximum absolute atomic E-state index is 14.3. The Labute approximate surface area is 190 Å². The number of allylic oxidation sites excluding steroid dienone is 3. The number of carbonyl (C=O) groups is 2.